The molecule has 1 rings (SSSR count). The maximum atomic E-state index is 12.4. The predicted molar refractivity (Wildman–Crippen MR) is 90.2 cm³/mol. The topological polar surface area (TPSA) is 74.5 Å². The molecule has 1 amide bonds. The molecule has 0 saturated carbocycles. The van der Waals surface area contributed by atoms with Crippen molar-refractivity contribution in [1.82, 2.24) is 14.6 Å². The number of carbonyl (C=O) groups excluding carboxylic acids is 1. The third kappa shape index (κ3) is 4.57. The molecule has 1 heterocycles. The second kappa shape index (κ2) is 7.61. The number of aromatic nitrogens is 1. The van der Waals surface area contributed by atoms with Crippen molar-refractivity contribution in [3.05, 3.63) is 5.56 Å². The van der Waals surface area contributed by atoms with Crippen LogP contribution >= 0.6 is 11.5 Å². The number of likely N-dealkylation sites (N-methyl/N-ethyl adjacent to an activating group) is 2. The van der Waals surface area contributed by atoms with Gasteiger partial charge in [0, 0.05) is 25.2 Å². The SMILES string of the molecule is CCN(c1snc(N)c1C(=O)NC(C)C)C(C)CN(C)C. The number of hydrogen-bond donors (Lipinski definition) is 2. The van der Waals surface area contributed by atoms with E-state index in [0.717, 1.165) is 18.1 Å². The summed E-state index contributed by atoms with van der Waals surface area (Å²) in [7, 11) is 4.08. The number of hydrogen-bond acceptors (Lipinski definition) is 6. The Labute approximate surface area is 131 Å². The molecule has 0 radical (unpaired) electrons. The molecule has 0 aliphatic carbocycles. The van der Waals surface area contributed by atoms with Gasteiger partial charge in [-0.15, -0.1) is 0 Å². The molecule has 120 valence electrons. The second-order valence-electron chi connectivity index (χ2n) is 5.77. The molecule has 1 unspecified atom stereocenters. The fourth-order valence-electron chi connectivity index (χ4n) is 2.32. The summed E-state index contributed by atoms with van der Waals surface area (Å²) in [6.07, 6.45) is 0. The summed E-state index contributed by atoms with van der Waals surface area (Å²) >= 11 is 1.29. The summed E-state index contributed by atoms with van der Waals surface area (Å²) in [5.74, 6) is 0.158. The lowest BCUT2D eigenvalue weighted by Crippen LogP contribution is -2.41. The van der Waals surface area contributed by atoms with E-state index in [1.165, 1.54) is 11.5 Å². The number of nitrogens with zero attached hydrogens (tertiary/aromatic N) is 3. The van der Waals surface area contributed by atoms with E-state index in [2.05, 4.69) is 33.3 Å². The van der Waals surface area contributed by atoms with Gasteiger partial charge in [0.2, 0.25) is 0 Å². The van der Waals surface area contributed by atoms with Gasteiger partial charge >= 0.3 is 0 Å². The predicted octanol–water partition coefficient (Wildman–Crippen LogP) is 1.64. The van der Waals surface area contributed by atoms with Crippen molar-refractivity contribution in [3.8, 4) is 0 Å². The van der Waals surface area contributed by atoms with E-state index in [0.29, 0.717) is 11.4 Å². The lowest BCUT2D eigenvalue weighted by molar-refractivity contribution is 0.0944. The van der Waals surface area contributed by atoms with Crippen LogP contribution < -0.4 is 16.0 Å². The zero-order chi connectivity index (χ0) is 16.2. The Morgan fingerprint density at radius 3 is 2.48 bits per heavy atom. The Bertz CT molecular complexity index is 472. The Hall–Kier alpha value is -1.34. The molecule has 0 bridgehead atoms. The highest BCUT2D eigenvalue weighted by atomic mass is 32.1. The minimum Gasteiger partial charge on any atom is -0.382 e. The molecule has 3 N–H and O–H groups in total. The second-order valence-corrected chi connectivity index (χ2v) is 6.53. The van der Waals surface area contributed by atoms with Crippen LogP contribution in [0.2, 0.25) is 0 Å². The lowest BCUT2D eigenvalue weighted by atomic mass is 10.2. The molecule has 1 aromatic rings. The first-order valence-corrected chi connectivity index (χ1v) is 8.02. The summed E-state index contributed by atoms with van der Waals surface area (Å²) in [5, 5.41) is 3.75. The Morgan fingerprint density at radius 2 is 2.00 bits per heavy atom. The Balaban J connectivity index is 3.08. The van der Waals surface area contributed by atoms with Crippen LogP contribution in [0.25, 0.3) is 0 Å². The fourth-order valence-corrected chi connectivity index (χ4v) is 3.30. The molecule has 6 nitrogen and oxygen atoms in total. The quantitative estimate of drug-likeness (QED) is 0.800. The molecule has 0 aliphatic rings. The Kier molecular flexibility index (Phi) is 6.42. The number of nitrogens with one attached hydrogen (secondary N) is 1. The molecule has 0 aromatic carbocycles. The standard InChI is InChI=1S/C14H27N5OS/c1-7-19(10(4)8-18(5)6)14-11(12(15)17-21-14)13(20)16-9(2)3/h9-10H,7-8H2,1-6H3,(H2,15,17)(H,16,20). The van der Waals surface area contributed by atoms with Crippen LogP contribution in [0.4, 0.5) is 10.8 Å². The number of anilines is 2. The molecule has 1 aromatic heterocycles. The van der Waals surface area contributed by atoms with Gasteiger partial charge in [-0.3, -0.25) is 4.79 Å². The summed E-state index contributed by atoms with van der Waals surface area (Å²) in [5.41, 5.74) is 6.41. The van der Waals surface area contributed by atoms with Gasteiger partial charge in [0.25, 0.3) is 5.91 Å². The number of nitrogens with two attached hydrogens (primary N) is 1. The van der Waals surface area contributed by atoms with Crippen molar-refractivity contribution in [2.24, 2.45) is 0 Å². The molecule has 7 heteroatoms. The number of nitrogen functional groups attached to an aromatic ring is 1. The van der Waals surface area contributed by atoms with Gasteiger partial charge < -0.3 is 20.9 Å². The molecule has 21 heavy (non-hydrogen) atoms. The Morgan fingerprint density at radius 1 is 1.38 bits per heavy atom. The zero-order valence-corrected chi connectivity index (χ0v) is 14.6. The van der Waals surface area contributed by atoms with Crippen LogP contribution in [0, 0.1) is 0 Å². The number of rotatable bonds is 7. The fraction of sp³-hybridized carbons (Fsp3) is 0.714. The zero-order valence-electron chi connectivity index (χ0n) is 13.8. The van der Waals surface area contributed by atoms with E-state index in [1.54, 1.807) is 0 Å². The first-order valence-electron chi connectivity index (χ1n) is 7.25. The highest BCUT2D eigenvalue weighted by Crippen LogP contribution is 2.32. The van der Waals surface area contributed by atoms with E-state index in [4.69, 9.17) is 5.73 Å². The van der Waals surface area contributed by atoms with E-state index in [-0.39, 0.29) is 18.0 Å². The molecule has 0 spiro atoms. The van der Waals surface area contributed by atoms with Crippen LogP contribution in [0.1, 0.15) is 38.1 Å². The van der Waals surface area contributed by atoms with Crippen molar-refractivity contribution >= 4 is 28.3 Å². The van der Waals surface area contributed by atoms with Crippen LogP contribution in [0.5, 0.6) is 0 Å². The molecule has 0 saturated heterocycles. The first-order chi connectivity index (χ1) is 9.77. The monoisotopic (exact) mass is 313 g/mol. The minimum absolute atomic E-state index is 0.0684. The minimum atomic E-state index is -0.151. The van der Waals surface area contributed by atoms with Crippen molar-refractivity contribution in [2.75, 3.05) is 37.8 Å². The van der Waals surface area contributed by atoms with Gasteiger partial charge in [-0.05, 0) is 53.3 Å². The largest absolute Gasteiger partial charge is 0.382 e. The molecule has 1 atom stereocenters. The van der Waals surface area contributed by atoms with Crippen LogP contribution in [-0.4, -0.2) is 54.4 Å². The lowest BCUT2D eigenvalue weighted by Gasteiger charge is -2.31. The van der Waals surface area contributed by atoms with Gasteiger partial charge in [-0.1, -0.05) is 0 Å². The maximum absolute atomic E-state index is 12.4. The van der Waals surface area contributed by atoms with Crippen molar-refractivity contribution in [1.29, 1.82) is 0 Å². The molecular formula is C14H27N5OS. The maximum Gasteiger partial charge on any atom is 0.258 e. The highest BCUT2D eigenvalue weighted by Gasteiger charge is 2.26. The van der Waals surface area contributed by atoms with Crippen LogP contribution in [-0.2, 0) is 0 Å². The third-order valence-corrected chi connectivity index (χ3v) is 4.01. The average Bonchev–Trinajstić information content (AvgIpc) is 2.70. The van der Waals surface area contributed by atoms with E-state index >= 15 is 0 Å². The van der Waals surface area contributed by atoms with Gasteiger partial charge in [-0.25, -0.2) is 0 Å². The third-order valence-electron chi connectivity index (χ3n) is 3.11. The number of carbonyl (C=O) groups is 1. The van der Waals surface area contributed by atoms with Crippen molar-refractivity contribution < 1.29 is 4.79 Å². The summed E-state index contributed by atoms with van der Waals surface area (Å²) in [6, 6.07) is 0.342. The summed E-state index contributed by atoms with van der Waals surface area (Å²) < 4.78 is 4.18. The van der Waals surface area contributed by atoms with Crippen LogP contribution in [0.3, 0.4) is 0 Å². The molecule has 0 fully saturated rings. The van der Waals surface area contributed by atoms with Gasteiger partial charge in [0.1, 0.15) is 10.6 Å². The summed E-state index contributed by atoms with van der Waals surface area (Å²) in [6.45, 7) is 9.78. The van der Waals surface area contributed by atoms with E-state index < -0.39 is 0 Å². The van der Waals surface area contributed by atoms with Gasteiger partial charge in [0.15, 0.2) is 5.82 Å². The average molecular weight is 313 g/mol. The van der Waals surface area contributed by atoms with Gasteiger partial charge in [-0.2, -0.15) is 4.37 Å². The molecule has 0 aliphatic heterocycles. The van der Waals surface area contributed by atoms with E-state index in [9.17, 15) is 4.79 Å². The normalized spacial score (nSPS) is 12.8. The first kappa shape index (κ1) is 17.7. The smallest absolute Gasteiger partial charge is 0.258 e. The van der Waals surface area contributed by atoms with Crippen LogP contribution in [0.15, 0.2) is 0 Å². The van der Waals surface area contributed by atoms with Crippen molar-refractivity contribution in [2.45, 2.75) is 39.8 Å². The summed E-state index contributed by atoms with van der Waals surface area (Å²) in [4.78, 5) is 16.7. The van der Waals surface area contributed by atoms with Crippen molar-refractivity contribution in [3.63, 3.8) is 0 Å². The van der Waals surface area contributed by atoms with Gasteiger partial charge in [0.05, 0.1) is 0 Å². The highest BCUT2D eigenvalue weighted by molar-refractivity contribution is 7.11. The van der Waals surface area contributed by atoms with E-state index in [1.807, 2.05) is 27.9 Å². The number of amides is 1. The molecular weight excluding hydrogens is 286 g/mol.